The molecule has 9 heteroatoms. The molecule has 2 saturated heterocycles. The van der Waals surface area contributed by atoms with E-state index < -0.39 is 0 Å². The number of nitrogens with zero attached hydrogens (tertiary/aromatic N) is 8. The van der Waals surface area contributed by atoms with Crippen molar-refractivity contribution in [1.82, 2.24) is 34.5 Å². The number of hydrogen-bond acceptors (Lipinski definition) is 7. The van der Waals surface area contributed by atoms with Gasteiger partial charge in [0.2, 0.25) is 0 Å². The fourth-order valence-corrected chi connectivity index (χ4v) is 4.67. The van der Waals surface area contributed by atoms with Gasteiger partial charge in [-0.05, 0) is 32.9 Å². The molecule has 9 nitrogen and oxygen atoms in total. The molecule has 3 aromatic heterocycles. The maximum Gasteiger partial charge on any atom is 0.257 e. The van der Waals surface area contributed by atoms with E-state index in [0.717, 1.165) is 68.0 Å². The molecule has 0 atom stereocenters. The SMILES string of the molecule is CCn1cc(C(=O)N2CCC(c3ncnc4cc(N5CCN(C)CC5)cnc34)CC2)cn1. The fourth-order valence-electron chi connectivity index (χ4n) is 4.67. The Morgan fingerprint density at radius 3 is 2.53 bits per heavy atom. The van der Waals surface area contributed by atoms with E-state index in [1.165, 1.54) is 0 Å². The third kappa shape index (κ3) is 4.04. The normalized spacial score (nSPS) is 18.4. The molecule has 0 radical (unpaired) electrons. The Balaban J connectivity index is 1.29. The highest BCUT2D eigenvalue weighted by Gasteiger charge is 2.27. The lowest BCUT2D eigenvalue weighted by Gasteiger charge is -2.34. The minimum absolute atomic E-state index is 0.0608. The number of fused-ring (bicyclic) bond motifs is 1. The molecule has 168 valence electrons. The summed E-state index contributed by atoms with van der Waals surface area (Å²) >= 11 is 0. The van der Waals surface area contributed by atoms with Gasteiger partial charge in [-0.25, -0.2) is 9.97 Å². The number of aromatic nitrogens is 5. The molecule has 0 aliphatic carbocycles. The number of likely N-dealkylation sites (N-methyl/N-ethyl adjacent to an activating group) is 1. The van der Waals surface area contributed by atoms with E-state index in [0.29, 0.717) is 18.7 Å². The molecule has 2 aliphatic heterocycles. The van der Waals surface area contributed by atoms with E-state index in [-0.39, 0.29) is 11.8 Å². The number of likely N-dealkylation sites (tertiary alicyclic amines) is 1. The van der Waals surface area contributed by atoms with Crippen LogP contribution >= 0.6 is 0 Å². The maximum atomic E-state index is 12.8. The van der Waals surface area contributed by atoms with Crippen molar-refractivity contribution < 1.29 is 4.79 Å². The van der Waals surface area contributed by atoms with Crippen LogP contribution in [-0.2, 0) is 6.54 Å². The predicted octanol–water partition coefficient (Wildman–Crippen LogP) is 2.01. The van der Waals surface area contributed by atoms with Crippen LogP contribution in [0.25, 0.3) is 11.0 Å². The summed E-state index contributed by atoms with van der Waals surface area (Å²) in [6.45, 7) is 8.33. The lowest BCUT2D eigenvalue weighted by Crippen LogP contribution is -2.44. The van der Waals surface area contributed by atoms with Crippen LogP contribution in [0.4, 0.5) is 5.69 Å². The average molecular weight is 435 g/mol. The molecule has 0 bridgehead atoms. The van der Waals surface area contributed by atoms with Crippen molar-refractivity contribution in [2.75, 3.05) is 51.2 Å². The number of carbonyl (C=O) groups excluding carboxylic acids is 1. The third-order valence-corrected chi connectivity index (χ3v) is 6.73. The van der Waals surface area contributed by atoms with Crippen molar-refractivity contribution in [3.05, 3.63) is 42.2 Å². The largest absolute Gasteiger partial charge is 0.368 e. The highest BCUT2D eigenvalue weighted by Crippen LogP contribution is 2.31. The van der Waals surface area contributed by atoms with Crippen LogP contribution in [0.5, 0.6) is 0 Å². The van der Waals surface area contributed by atoms with Gasteiger partial charge >= 0.3 is 0 Å². The van der Waals surface area contributed by atoms with Gasteiger partial charge in [-0.15, -0.1) is 0 Å². The number of piperidine rings is 1. The highest BCUT2D eigenvalue weighted by molar-refractivity contribution is 5.93. The van der Waals surface area contributed by atoms with E-state index in [2.05, 4.69) is 38.0 Å². The Morgan fingerprint density at radius 1 is 1.03 bits per heavy atom. The van der Waals surface area contributed by atoms with Crippen LogP contribution < -0.4 is 4.90 Å². The Bertz CT molecular complexity index is 1100. The Kier molecular flexibility index (Phi) is 5.73. The van der Waals surface area contributed by atoms with Crippen molar-refractivity contribution >= 4 is 22.6 Å². The van der Waals surface area contributed by atoms with E-state index in [1.54, 1.807) is 17.2 Å². The Labute approximate surface area is 188 Å². The second kappa shape index (κ2) is 8.82. The van der Waals surface area contributed by atoms with Crippen LogP contribution in [0.2, 0.25) is 0 Å². The van der Waals surface area contributed by atoms with Crippen LogP contribution in [0.1, 0.15) is 41.7 Å². The second-order valence-corrected chi connectivity index (χ2v) is 8.76. The quantitative estimate of drug-likeness (QED) is 0.621. The molecule has 2 fully saturated rings. The van der Waals surface area contributed by atoms with Gasteiger partial charge in [-0.3, -0.25) is 14.5 Å². The van der Waals surface area contributed by atoms with Crippen LogP contribution in [0.3, 0.4) is 0 Å². The Morgan fingerprint density at radius 2 is 1.81 bits per heavy atom. The van der Waals surface area contributed by atoms with Crippen LogP contribution in [0.15, 0.2) is 31.0 Å². The van der Waals surface area contributed by atoms with Gasteiger partial charge in [-0.1, -0.05) is 0 Å². The zero-order valence-electron chi connectivity index (χ0n) is 18.8. The molecular weight excluding hydrogens is 404 g/mol. The standard InChI is InChI=1S/C23H30N8O/c1-3-31-15-18(13-27-31)23(32)30-6-4-17(5-7-30)21-22-20(25-16-26-21)12-19(14-24-22)29-10-8-28(2)9-11-29/h12-17H,3-11H2,1-2H3. The van der Waals surface area contributed by atoms with Gasteiger partial charge in [0.15, 0.2) is 0 Å². The molecule has 3 aromatic rings. The molecule has 2 aliphatic rings. The summed E-state index contributed by atoms with van der Waals surface area (Å²) in [5.74, 6) is 0.343. The fraction of sp³-hybridized carbons (Fsp3) is 0.522. The number of rotatable bonds is 4. The van der Waals surface area contributed by atoms with Crippen LogP contribution in [-0.4, -0.2) is 86.8 Å². The monoisotopic (exact) mass is 434 g/mol. The van der Waals surface area contributed by atoms with Crippen molar-refractivity contribution in [3.8, 4) is 0 Å². The molecule has 5 heterocycles. The minimum Gasteiger partial charge on any atom is -0.368 e. The Hall–Kier alpha value is -3.07. The van der Waals surface area contributed by atoms with Gasteiger partial charge in [0.25, 0.3) is 5.91 Å². The van der Waals surface area contributed by atoms with Crippen molar-refractivity contribution in [2.24, 2.45) is 0 Å². The summed E-state index contributed by atoms with van der Waals surface area (Å²) in [5, 5.41) is 4.23. The maximum absolute atomic E-state index is 12.8. The summed E-state index contributed by atoms with van der Waals surface area (Å²) in [4.78, 5) is 33.4. The van der Waals surface area contributed by atoms with E-state index in [9.17, 15) is 4.79 Å². The summed E-state index contributed by atoms with van der Waals surface area (Å²) in [6, 6.07) is 2.14. The third-order valence-electron chi connectivity index (χ3n) is 6.73. The van der Waals surface area contributed by atoms with Gasteiger partial charge < -0.3 is 14.7 Å². The smallest absolute Gasteiger partial charge is 0.257 e. The molecule has 0 spiro atoms. The van der Waals surface area contributed by atoms with Gasteiger partial charge in [0, 0.05) is 57.9 Å². The zero-order chi connectivity index (χ0) is 22.1. The lowest BCUT2D eigenvalue weighted by atomic mass is 9.92. The molecule has 0 N–H and O–H groups in total. The summed E-state index contributed by atoms with van der Waals surface area (Å²) in [6.07, 6.45) is 8.86. The van der Waals surface area contributed by atoms with E-state index >= 15 is 0 Å². The van der Waals surface area contributed by atoms with Crippen molar-refractivity contribution in [3.63, 3.8) is 0 Å². The lowest BCUT2D eigenvalue weighted by molar-refractivity contribution is 0.0712. The summed E-state index contributed by atoms with van der Waals surface area (Å²) in [5.41, 5.74) is 4.58. The predicted molar refractivity (Wildman–Crippen MR) is 123 cm³/mol. The average Bonchev–Trinajstić information content (AvgIpc) is 3.33. The highest BCUT2D eigenvalue weighted by atomic mass is 16.2. The van der Waals surface area contributed by atoms with E-state index in [1.807, 2.05) is 24.2 Å². The van der Waals surface area contributed by atoms with Gasteiger partial charge in [0.1, 0.15) is 11.8 Å². The first-order valence-electron chi connectivity index (χ1n) is 11.5. The van der Waals surface area contributed by atoms with Crippen molar-refractivity contribution in [2.45, 2.75) is 32.2 Å². The number of carbonyl (C=O) groups is 1. The zero-order valence-corrected chi connectivity index (χ0v) is 18.8. The molecular formula is C23H30N8O. The molecule has 5 rings (SSSR count). The number of anilines is 1. The number of hydrogen-bond donors (Lipinski definition) is 0. The van der Waals surface area contributed by atoms with Gasteiger partial charge in [0.05, 0.1) is 34.9 Å². The number of amides is 1. The first kappa shape index (κ1) is 20.8. The molecule has 0 unspecified atom stereocenters. The molecule has 0 aromatic carbocycles. The number of pyridine rings is 1. The molecule has 1 amide bonds. The van der Waals surface area contributed by atoms with E-state index in [4.69, 9.17) is 4.98 Å². The summed E-state index contributed by atoms with van der Waals surface area (Å²) < 4.78 is 1.79. The van der Waals surface area contributed by atoms with Gasteiger partial charge in [-0.2, -0.15) is 5.10 Å². The summed E-state index contributed by atoms with van der Waals surface area (Å²) in [7, 11) is 2.16. The molecule has 0 saturated carbocycles. The first-order valence-corrected chi connectivity index (χ1v) is 11.5. The van der Waals surface area contributed by atoms with Crippen molar-refractivity contribution in [1.29, 1.82) is 0 Å². The number of aryl methyl sites for hydroxylation is 1. The topological polar surface area (TPSA) is 83.3 Å². The van der Waals surface area contributed by atoms with Crippen LogP contribution in [0, 0.1) is 0 Å². The minimum atomic E-state index is 0.0608. The molecule has 32 heavy (non-hydrogen) atoms. The second-order valence-electron chi connectivity index (χ2n) is 8.76. The number of piperazine rings is 1. The first-order chi connectivity index (χ1) is 15.6.